The Labute approximate surface area is 120 Å². The molecule has 19 heavy (non-hydrogen) atoms. The first-order valence-corrected chi connectivity index (χ1v) is 7.27. The second-order valence-electron chi connectivity index (χ2n) is 5.25. The molecule has 0 aliphatic rings. The van der Waals surface area contributed by atoms with Crippen molar-refractivity contribution in [2.45, 2.75) is 20.3 Å². The van der Waals surface area contributed by atoms with Gasteiger partial charge in [-0.25, -0.2) is 4.52 Å². The number of fused-ring (bicyclic) bond motifs is 1. The van der Waals surface area contributed by atoms with Crippen LogP contribution >= 0.6 is 15.9 Å². The van der Waals surface area contributed by atoms with Crippen molar-refractivity contribution in [3.8, 4) is 0 Å². The zero-order chi connectivity index (χ0) is 13.9. The number of alkyl halides is 1. The average Bonchev–Trinajstić information content (AvgIpc) is 2.80. The first-order chi connectivity index (χ1) is 9.03. The molecule has 0 aliphatic carbocycles. The molecule has 0 aliphatic heterocycles. The lowest BCUT2D eigenvalue weighted by atomic mass is 9.90. The SMILES string of the molecule is CC(C)(CCBr)CNC(=O)c1cnn2ccncc12. The lowest BCUT2D eigenvalue weighted by molar-refractivity contribution is 0.0937. The summed E-state index contributed by atoms with van der Waals surface area (Å²) in [5.74, 6) is -0.106. The van der Waals surface area contributed by atoms with Crippen LogP contribution in [0.4, 0.5) is 0 Å². The summed E-state index contributed by atoms with van der Waals surface area (Å²) in [5.41, 5.74) is 1.35. The Morgan fingerprint density at radius 1 is 1.47 bits per heavy atom. The van der Waals surface area contributed by atoms with E-state index in [2.05, 4.69) is 45.2 Å². The van der Waals surface area contributed by atoms with Gasteiger partial charge >= 0.3 is 0 Å². The van der Waals surface area contributed by atoms with Gasteiger partial charge in [0, 0.05) is 24.3 Å². The summed E-state index contributed by atoms with van der Waals surface area (Å²) >= 11 is 3.43. The molecule has 102 valence electrons. The Morgan fingerprint density at radius 3 is 3.00 bits per heavy atom. The topological polar surface area (TPSA) is 59.3 Å². The van der Waals surface area contributed by atoms with Crippen LogP contribution in [0.15, 0.2) is 24.8 Å². The van der Waals surface area contributed by atoms with E-state index in [0.717, 1.165) is 17.3 Å². The van der Waals surface area contributed by atoms with E-state index in [1.165, 1.54) is 0 Å². The van der Waals surface area contributed by atoms with E-state index in [0.29, 0.717) is 12.1 Å². The molecule has 0 fully saturated rings. The van der Waals surface area contributed by atoms with Gasteiger partial charge in [-0.2, -0.15) is 5.10 Å². The summed E-state index contributed by atoms with van der Waals surface area (Å²) in [6, 6.07) is 0. The maximum atomic E-state index is 12.2. The Morgan fingerprint density at radius 2 is 2.26 bits per heavy atom. The number of amides is 1. The lowest BCUT2D eigenvalue weighted by Crippen LogP contribution is -2.34. The number of carbonyl (C=O) groups excluding carboxylic acids is 1. The summed E-state index contributed by atoms with van der Waals surface area (Å²) in [6.07, 6.45) is 7.58. The fraction of sp³-hybridized carbons (Fsp3) is 0.462. The number of rotatable bonds is 5. The average molecular weight is 325 g/mol. The van der Waals surface area contributed by atoms with E-state index in [4.69, 9.17) is 0 Å². The third-order valence-corrected chi connectivity index (χ3v) is 3.46. The number of carbonyl (C=O) groups is 1. The predicted octanol–water partition coefficient (Wildman–Crippen LogP) is 2.27. The Kier molecular flexibility index (Phi) is 4.19. The minimum absolute atomic E-state index is 0.0698. The van der Waals surface area contributed by atoms with Gasteiger partial charge < -0.3 is 5.32 Å². The van der Waals surface area contributed by atoms with Gasteiger partial charge in [-0.15, -0.1) is 0 Å². The summed E-state index contributed by atoms with van der Waals surface area (Å²) in [4.78, 5) is 16.2. The van der Waals surface area contributed by atoms with Crippen molar-refractivity contribution in [1.29, 1.82) is 0 Å². The quantitative estimate of drug-likeness (QED) is 0.858. The molecule has 0 atom stereocenters. The largest absolute Gasteiger partial charge is 0.351 e. The van der Waals surface area contributed by atoms with Gasteiger partial charge in [0.15, 0.2) is 0 Å². The molecule has 2 aromatic rings. The summed E-state index contributed by atoms with van der Waals surface area (Å²) in [7, 11) is 0. The minimum Gasteiger partial charge on any atom is -0.351 e. The Hall–Kier alpha value is -1.43. The highest BCUT2D eigenvalue weighted by atomic mass is 79.9. The molecule has 0 radical (unpaired) electrons. The molecule has 2 rings (SSSR count). The van der Waals surface area contributed by atoms with Gasteiger partial charge in [0.25, 0.3) is 5.91 Å². The zero-order valence-corrected chi connectivity index (χ0v) is 12.6. The fourth-order valence-corrected chi connectivity index (χ4v) is 2.84. The summed E-state index contributed by atoms with van der Waals surface area (Å²) in [5, 5.41) is 8.02. The third kappa shape index (κ3) is 3.32. The maximum Gasteiger partial charge on any atom is 0.255 e. The van der Waals surface area contributed by atoms with E-state index in [9.17, 15) is 4.79 Å². The second-order valence-corrected chi connectivity index (χ2v) is 6.04. The number of nitrogens with one attached hydrogen (secondary N) is 1. The standard InChI is InChI=1S/C13H17BrN4O/c1-13(2,3-4-14)9-16-12(19)10-7-17-18-6-5-15-8-11(10)18/h5-8H,3-4,9H2,1-2H3,(H,16,19). The monoisotopic (exact) mass is 324 g/mol. The number of aromatic nitrogens is 3. The normalized spacial score (nSPS) is 11.7. The summed E-state index contributed by atoms with van der Waals surface area (Å²) < 4.78 is 1.64. The van der Waals surface area contributed by atoms with Gasteiger partial charge in [0.2, 0.25) is 0 Å². The van der Waals surface area contributed by atoms with Crippen molar-refractivity contribution >= 4 is 27.4 Å². The van der Waals surface area contributed by atoms with Crippen LogP contribution in [0.25, 0.3) is 5.52 Å². The molecule has 0 saturated heterocycles. The van der Waals surface area contributed by atoms with Crippen molar-refractivity contribution in [3.05, 3.63) is 30.4 Å². The van der Waals surface area contributed by atoms with Gasteiger partial charge in [-0.05, 0) is 11.8 Å². The Bertz CT molecular complexity index is 579. The molecular formula is C13H17BrN4O. The summed E-state index contributed by atoms with van der Waals surface area (Å²) in [6.45, 7) is 4.90. The first kappa shape index (κ1) is 14.0. The molecule has 0 aromatic carbocycles. The molecule has 1 amide bonds. The molecule has 0 bridgehead atoms. The van der Waals surface area contributed by atoms with E-state index in [-0.39, 0.29) is 11.3 Å². The highest BCUT2D eigenvalue weighted by Gasteiger charge is 2.19. The number of hydrogen-bond acceptors (Lipinski definition) is 3. The molecule has 2 aromatic heterocycles. The van der Waals surface area contributed by atoms with Gasteiger partial charge in [-0.1, -0.05) is 29.8 Å². The van der Waals surface area contributed by atoms with Crippen molar-refractivity contribution in [2.24, 2.45) is 5.41 Å². The van der Waals surface area contributed by atoms with Crippen LogP contribution in [0, 0.1) is 5.41 Å². The van der Waals surface area contributed by atoms with Crippen molar-refractivity contribution < 1.29 is 4.79 Å². The van der Waals surface area contributed by atoms with Crippen LogP contribution in [0.1, 0.15) is 30.6 Å². The van der Waals surface area contributed by atoms with Gasteiger partial charge in [0.05, 0.1) is 23.5 Å². The molecule has 2 heterocycles. The zero-order valence-electron chi connectivity index (χ0n) is 11.1. The van der Waals surface area contributed by atoms with Gasteiger partial charge in [-0.3, -0.25) is 9.78 Å². The van der Waals surface area contributed by atoms with Crippen molar-refractivity contribution in [3.63, 3.8) is 0 Å². The minimum atomic E-state index is -0.106. The highest BCUT2D eigenvalue weighted by molar-refractivity contribution is 9.09. The number of halogens is 1. The molecule has 0 saturated carbocycles. The second kappa shape index (κ2) is 5.69. The molecule has 0 unspecified atom stereocenters. The number of hydrogen-bond donors (Lipinski definition) is 1. The molecule has 0 spiro atoms. The van der Waals surface area contributed by atoms with E-state index >= 15 is 0 Å². The van der Waals surface area contributed by atoms with Crippen LogP contribution < -0.4 is 5.32 Å². The Balaban J connectivity index is 2.08. The highest BCUT2D eigenvalue weighted by Crippen LogP contribution is 2.20. The van der Waals surface area contributed by atoms with Crippen molar-refractivity contribution in [1.82, 2.24) is 19.9 Å². The third-order valence-electron chi connectivity index (χ3n) is 3.07. The number of nitrogens with zero attached hydrogens (tertiary/aromatic N) is 3. The molecule has 6 heteroatoms. The van der Waals surface area contributed by atoms with Crippen LogP contribution in [-0.4, -0.2) is 32.4 Å². The van der Waals surface area contributed by atoms with Crippen LogP contribution in [0.2, 0.25) is 0 Å². The smallest absolute Gasteiger partial charge is 0.255 e. The molecule has 1 N–H and O–H groups in total. The molecule has 5 nitrogen and oxygen atoms in total. The van der Waals surface area contributed by atoms with E-state index < -0.39 is 0 Å². The van der Waals surface area contributed by atoms with Crippen LogP contribution in [0.5, 0.6) is 0 Å². The van der Waals surface area contributed by atoms with Crippen LogP contribution in [-0.2, 0) is 0 Å². The molecular weight excluding hydrogens is 308 g/mol. The fourth-order valence-electron chi connectivity index (χ4n) is 1.77. The predicted molar refractivity (Wildman–Crippen MR) is 77.5 cm³/mol. The van der Waals surface area contributed by atoms with Gasteiger partial charge in [0.1, 0.15) is 0 Å². The van der Waals surface area contributed by atoms with E-state index in [1.54, 1.807) is 29.3 Å². The van der Waals surface area contributed by atoms with Crippen LogP contribution in [0.3, 0.4) is 0 Å². The van der Waals surface area contributed by atoms with E-state index in [1.807, 2.05) is 0 Å². The first-order valence-electron chi connectivity index (χ1n) is 6.15. The lowest BCUT2D eigenvalue weighted by Gasteiger charge is -2.23. The maximum absolute atomic E-state index is 12.2. The van der Waals surface area contributed by atoms with Crippen molar-refractivity contribution in [2.75, 3.05) is 11.9 Å².